The Morgan fingerprint density at radius 3 is 2.17 bits per heavy atom. The van der Waals surface area contributed by atoms with Gasteiger partial charge in [-0.15, -0.1) is 0 Å². The number of ether oxygens (including phenoxy) is 1. The van der Waals surface area contributed by atoms with Gasteiger partial charge in [-0.1, -0.05) is 72.8 Å². The molecule has 3 amide bonds. The number of carbonyl (C=O) groups is 3. The maximum Gasteiger partial charge on any atom is 0.271 e. The van der Waals surface area contributed by atoms with Crippen LogP contribution in [0.3, 0.4) is 0 Å². The van der Waals surface area contributed by atoms with E-state index in [-0.39, 0.29) is 17.7 Å². The molecule has 0 saturated carbocycles. The van der Waals surface area contributed by atoms with Crippen molar-refractivity contribution in [1.82, 2.24) is 5.43 Å². The van der Waals surface area contributed by atoms with E-state index in [9.17, 15) is 14.4 Å². The van der Waals surface area contributed by atoms with Gasteiger partial charge in [0.25, 0.3) is 5.91 Å². The SMILES string of the molecule is COc1cccc(C(=O)N/N=C\C23c4ccccc4C(c4ccccc42)[C@H]2C(=O)N(c4ccccc4)C(=O)[C@@H]23)c1. The van der Waals surface area contributed by atoms with Crippen molar-refractivity contribution in [1.29, 1.82) is 0 Å². The second-order valence-electron chi connectivity index (χ2n) is 10.3. The predicted molar refractivity (Wildman–Crippen MR) is 150 cm³/mol. The lowest BCUT2D eigenvalue weighted by molar-refractivity contribution is -0.122. The molecule has 2 bridgehead atoms. The van der Waals surface area contributed by atoms with Gasteiger partial charge < -0.3 is 4.74 Å². The fourth-order valence-corrected chi connectivity index (χ4v) is 6.90. The van der Waals surface area contributed by atoms with Gasteiger partial charge in [-0.2, -0.15) is 5.10 Å². The molecule has 2 atom stereocenters. The fourth-order valence-electron chi connectivity index (χ4n) is 6.90. The van der Waals surface area contributed by atoms with E-state index < -0.39 is 23.2 Å². The molecule has 3 aliphatic carbocycles. The summed E-state index contributed by atoms with van der Waals surface area (Å²) in [5.41, 5.74) is 6.40. The number of imide groups is 1. The summed E-state index contributed by atoms with van der Waals surface area (Å²) in [6.07, 6.45) is 1.66. The van der Waals surface area contributed by atoms with Gasteiger partial charge in [0.05, 0.1) is 30.0 Å². The normalized spacial score (nSPS) is 24.0. The summed E-state index contributed by atoms with van der Waals surface area (Å²) in [7, 11) is 1.54. The minimum absolute atomic E-state index is 0.214. The Bertz CT molecular complexity index is 1670. The van der Waals surface area contributed by atoms with Crippen LogP contribution in [0.1, 0.15) is 38.5 Å². The van der Waals surface area contributed by atoms with Crippen molar-refractivity contribution in [3.8, 4) is 5.75 Å². The number of benzene rings is 4. The van der Waals surface area contributed by atoms with Crippen LogP contribution in [0.4, 0.5) is 5.69 Å². The van der Waals surface area contributed by atoms with Crippen LogP contribution in [0.25, 0.3) is 0 Å². The third-order valence-electron chi connectivity index (χ3n) is 8.46. The molecule has 0 spiro atoms. The van der Waals surface area contributed by atoms with E-state index in [0.29, 0.717) is 17.0 Å². The number of amides is 3. The molecule has 40 heavy (non-hydrogen) atoms. The fraction of sp³-hybridized carbons (Fsp3) is 0.152. The van der Waals surface area contributed by atoms with Crippen LogP contribution in [0.2, 0.25) is 0 Å². The zero-order valence-corrected chi connectivity index (χ0v) is 21.7. The average molecular weight is 528 g/mol. The Kier molecular flexibility index (Phi) is 5.42. The van der Waals surface area contributed by atoms with Gasteiger partial charge in [0.2, 0.25) is 11.8 Å². The molecule has 1 heterocycles. The summed E-state index contributed by atoms with van der Waals surface area (Å²) in [6, 6.07) is 31.8. The average Bonchev–Trinajstić information content (AvgIpc) is 3.28. The third kappa shape index (κ3) is 3.24. The molecule has 4 aromatic carbocycles. The van der Waals surface area contributed by atoms with Gasteiger partial charge in [0, 0.05) is 17.7 Å². The zero-order chi connectivity index (χ0) is 27.4. The molecule has 8 rings (SSSR count). The predicted octanol–water partition coefficient (Wildman–Crippen LogP) is 4.66. The van der Waals surface area contributed by atoms with Crippen molar-refractivity contribution in [2.45, 2.75) is 11.3 Å². The van der Waals surface area contributed by atoms with Gasteiger partial charge >= 0.3 is 0 Å². The lowest BCUT2D eigenvalue weighted by Crippen LogP contribution is -2.54. The highest BCUT2D eigenvalue weighted by atomic mass is 16.5. The highest BCUT2D eigenvalue weighted by Crippen LogP contribution is 2.63. The van der Waals surface area contributed by atoms with Crippen LogP contribution in [-0.4, -0.2) is 31.0 Å². The molecule has 4 aromatic rings. The first kappa shape index (κ1) is 24.0. The number of rotatable bonds is 5. The Hall–Kier alpha value is -5.04. The Labute approximate surface area is 231 Å². The quantitative estimate of drug-likeness (QED) is 0.232. The first-order chi connectivity index (χ1) is 19.6. The Balaban J connectivity index is 1.39. The van der Waals surface area contributed by atoms with Crippen molar-refractivity contribution in [3.05, 3.63) is 131 Å². The van der Waals surface area contributed by atoms with Crippen LogP contribution in [0.15, 0.2) is 108 Å². The lowest BCUT2D eigenvalue weighted by atomic mass is 9.47. The van der Waals surface area contributed by atoms with E-state index in [1.807, 2.05) is 66.7 Å². The largest absolute Gasteiger partial charge is 0.497 e. The molecular weight excluding hydrogens is 502 g/mol. The second kappa shape index (κ2) is 9.02. The van der Waals surface area contributed by atoms with Gasteiger partial charge in [0.15, 0.2) is 0 Å². The van der Waals surface area contributed by atoms with E-state index >= 15 is 0 Å². The number of hydrogen-bond acceptors (Lipinski definition) is 5. The van der Waals surface area contributed by atoms with Crippen molar-refractivity contribution in [3.63, 3.8) is 0 Å². The first-order valence-corrected chi connectivity index (χ1v) is 13.2. The van der Waals surface area contributed by atoms with Gasteiger partial charge in [0.1, 0.15) is 5.75 Å². The number of hydrazone groups is 1. The van der Waals surface area contributed by atoms with Crippen molar-refractivity contribution < 1.29 is 19.1 Å². The summed E-state index contributed by atoms with van der Waals surface area (Å²) in [4.78, 5) is 42.8. The molecule has 196 valence electrons. The maximum absolute atomic E-state index is 14.3. The van der Waals surface area contributed by atoms with E-state index in [4.69, 9.17) is 4.74 Å². The van der Waals surface area contributed by atoms with Crippen LogP contribution < -0.4 is 15.1 Å². The summed E-state index contributed by atoms with van der Waals surface area (Å²) in [5.74, 6) is -1.90. The van der Waals surface area contributed by atoms with Gasteiger partial charge in [-0.25, -0.2) is 10.3 Å². The van der Waals surface area contributed by atoms with Crippen molar-refractivity contribution >= 4 is 29.6 Å². The number of anilines is 1. The second-order valence-corrected chi connectivity index (χ2v) is 10.3. The van der Waals surface area contributed by atoms with Crippen LogP contribution in [0.5, 0.6) is 5.75 Å². The molecule has 7 nitrogen and oxygen atoms in total. The lowest BCUT2D eigenvalue weighted by Gasteiger charge is -2.52. The minimum atomic E-state index is -1.05. The summed E-state index contributed by atoms with van der Waals surface area (Å²) < 4.78 is 5.24. The molecule has 1 saturated heterocycles. The van der Waals surface area contributed by atoms with Crippen LogP contribution in [-0.2, 0) is 15.0 Å². The summed E-state index contributed by atoms with van der Waals surface area (Å²) in [5, 5.41) is 4.46. The highest BCUT2D eigenvalue weighted by molar-refractivity contribution is 6.25. The molecule has 0 radical (unpaired) electrons. The van der Waals surface area contributed by atoms with E-state index in [1.54, 1.807) is 42.6 Å². The number of nitrogens with one attached hydrogen (secondary N) is 1. The maximum atomic E-state index is 14.3. The van der Waals surface area contributed by atoms with Crippen molar-refractivity contribution in [2.75, 3.05) is 12.0 Å². The van der Waals surface area contributed by atoms with Gasteiger partial charge in [-0.3, -0.25) is 14.4 Å². The van der Waals surface area contributed by atoms with Gasteiger partial charge in [-0.05, 0) is 52.6 Å². The smallest absolute Gasteiger partial charge is 0.271 e. The number of hydrogen-bond donors (Lipinski definition) is 1. The summed E-state index contributed by atoms with van der Waals surface area (Å²) in [6.45, 7) is 0. The van der Waals surface area contributed by atoms with Crippen LogP contribution in [0, 0.1) is 11.8 Å². The van der Waals surface area contributed by atoms with E-state index in [1.165, 1.54) is 12.0 Å². The molecule has 0 unspecified atom stereocenters. The zero-order valence-electron chi connectivity index (χ0n) is 21.7. The molecule has 1 aliphatic heterocycles. The number of para-hydroxylation sites is 1. The molecule has 1 N–H and O–H groups in total. The third-order valence-corrected chi connectivity index (χ3v) is 8.46. The molecular formula is C33H25N3O4. The molecule has 0 aromatic heterocycles. The van der Waals surface area contributed by atoms with E-state index in [2.05, 4.69) is 10.5 Å². The Morgan fingerprint density at radius 1 is 0.850 bits per heavy atom. The molecule has 7 heteroatoms. The number of carbonyl (C=O) groups excluding carboxylic acids is 3. The monoisotopic (exact) mass is 527 g/mol. The number of nitrogens with zero attached hydrogens (tertiary/aromatic N) is 2. The topological polar surface area (TPSA) is 88.1 Å². The minimum Gasteiger partial charge on any atom is -0.497 e. The van der Waals surface area contributed by atoms with E-state index in [0.717, 1.165) is 22.3 Å². The molecule has 1 fully saturated rings. The number of methoxy groups -OCH3 is 1. The van der Waals surface area contributed by atoms with Crippen LogP contribution >= 0.6 is 0 Å². The Morgan fingerprint density at radius 2 is 1.50 bits per heavy atom. The first-order valence-electron chi connectivity index (χ1n) is 13.2. The highest BCUT2D eigenvalue weighted by Gasteiger charge is 2.68. The van der Waals surface area contributed by atoms with Crippen molar-refractivity contribution in [2.24, 2.45) is 16.9 Å². The molecule has 4 aliphatic rings. The summed E-state index contributed by atoms with van der Waals surface area (Å²) >= 11 is 0. The standard InChI is InChI=1S/C33H25N3O4/c1-40-22-13-9-10-20(18-22)30(37)35-34-19-33-25-16-7-5-14-23(25)27(24-15-6-8-17-26(24)33)28-29(33)32(39)36(31(28)38)21-11-3-2-4-12-21/h2-19,27-29H,1H3,(H,35,37)/b34-19-/t27?,28-,29-,33?/m1/s1.